The van der Waals surface area contributed by atoms with Crippen molar-refractivity contribution in [3.05, 3.63) is 48.6 Å². The van der Waals surface area contributed by atoms with Crippen molar-refractivity contribution < 1.29 is 46.7 Å². The number of aliphatic hydroxyl groups excluding tert-OH is 1. The fourth-order valence-electron chi connectivity index (χ4n) is 8.10. The van der Waals surface area contributed by atoms with Gasteiger partial charge in [0.05, 0.1) is 37.4 Å². The zero-order valence-corrected chi connectivity index (χ0v) is 55.9. The quantitative estimate of drug-likeness (QED) is 0.0320. The van der Waals surface area contributed by atoms with Crippen LogP contribution in [-0.2, 0) is 36.8 Å². The minimum atomic E-state index is -2.44. The highest BCUT2D eigenvalue weighted by Crippen LogP contribution is 2.45. The van der Waals surface area contributed by atoms with Gasteiger partial charge in [0.25, 0.3) is 0 Å². The van der Waals surface area contributed by atoms with E-state index >= 15 is 0 Å². The van der Waals surface area contributed by atoms with E-state index in [1.807, 2.05) is 25.2 Å². The summed E-state index contributed by atoms with van der Waals surface area (Å²) in [5.41, 5.74) is 6.96. The summed E-state index contributed by atoms with van der Waals surface area (Å²) in [6.07, 6.45) is 8.40. The summed E-state index contributed by atoms with van der Waals surface area (Å²) in [5, 5.41) is 11.1. The second-order valence-electron chi connectivity index (χ2n) is 27.8. The molecule has 0 aliphatic rings. The number of ketones is 1. The van der Waals surface area contributed by atoms with Crippen LogP contribution in [0.1, 0.15) is 144 Å². The third-order valence-electron chi connectivity index (χ3n) is 17.3. The maximum absolute atomic E-state index is 14.0. The van der Waals surface area contributed by atoms with Crippen molar-refractivity contribution in [3.63, 3.8) is 0 Å². The molecular weight excluding hydrogens is 983 g/mol. The number of allylic oxidation sites excluding steroid dienone is 3. The molecule has 0 aromatic carbocycles. The van der Waals surface area contributed by atoms with Gasteiger partial charge in [0, 0.05) is 36.7 Å². The van der Waals surface area contributed by atoms with Gasteiger partial charge in [0.2, 0.25) is 0 Å². The number of hydrogen-bond donors (Lipinski definition) is 2. The number of hydrogen-bond acceptors (Lipinski definition) is 10. The zero-order chi connectivity index (χ0) is 57.8. The summed E-state index contributed by atoms with van der Waals surface area (Å²) in [6.45, 7) is 62.9. The molecule has 11 nitrogen and oxygen atoms in total. The number of Topliss-reactive ketones (excluding diaryl/α,β-unsaturated/α-hetero) is 1. The minimum absolute atomic E-state index is 0.0262. The van der Waals surface area contributed by atoms with E-state index in [4.69, 9.17) is 32.9 Å². The van der Waals surface area contributed by atoms with Crippen molar-refractivity contribution in [3.8, 4) is 0 Å². The van der Waals surface area contributed by atoms with Gasteiger partial charge in [-0.3, -0.25) is 9.59 Å². The van der Waals surface area contributed by atoms with E-state index in [1.54, 1.807) is 26.0 Å². The van der Waals surface area contributed by atoms with Crippen molar-refractivity contribution >= 4 is 51.1 Å². The van der Waals surface area contributed by atoms with E-state index in [0.29, 0.717) is 13.0 Å². The molecular formula is C58H113NO10Si4. The lowest BCUT2D eigenvalue weighted by Crippen LogP contribution is -2.52. The highest BCUT2D eigenvalue weighted by atomic mass is 28.4. The molecule has 15 heteroatoms. The Bertz CT molecular complexity index is 1850. The van der Waals surface area contributed by atoms with E-state index in [-0.39, 0.29) is 74.2 Å². The molecule has 0 aromatic rings. The molecule has 0 aromatic heterocycles. The molecule has 1 amide bonds. The number of rotatable bonds is 29. The molecule has 0 aliphatic heterocycles. The van der Waals surface area contributed by atoms with Crippen LogP contribution in [0.2, 0.25) is 72.5 Å². The molecule has 73 heavy (non-hydrogen) atoms. The summed E-state index contributed by atoms with van der Waals surface area (Å²) >= 11 is 0. The second-order valence-corrected chi connectivity index (χ2v) is 46.8. The van der Waals surface area contributed by atoms with Gasteiger partial charge >= 0.3 is 12.1 Å². The van der Waals surface area contributed by atoms with Gasteiger partial charge in [-0.2, -0.15) is 0 Å². The Hall–Kier alpha value is -1.96. The third-order valence-corrected chi connectivity index (χ3v) is 35.2. The topological polar surface area (TPSA) is 153 Å². The molecule has 0 bridgehead atoms. The molecule has 0 radical (unpaired) electrons. The molecule has 0 saturated heterocycles. The standard InChI is InChI=1S/C58H113NO10Si4/c1-30-31-32-40(3)50(66-54(59)63)44(7)52(69-73(28,29)58(18,19)20)46(38-65-70(22,23)55(9,10)11)36-39(2)35-42(5)49(67-71(24,25)56(12,13)14)41(4)33-34-47(60)37-48(61)43(6)51(45(8)53(62)64-21)68-72(26,27)57(15,16)17/h30-35,40-47,49-52,60H,1,36-38H2,2-29H3,(H2,59,63)/b32-31-,34-33-,39-35-/t40-,41-,42-,43-,44+,45+,46+,47+,49-,50-,51-,52-/m0/s1. The van der Waals surface area contributed by atoms with Gasteiger partial charge in [-0.05, 0) is 105 Å². The van der Waals surface area contributed by atoms with E-state index in [0.717, 1.165) is 5.57 Å². The van der Waals surface area contributed by atoms with Crippen molar-refractivity contribution in [2.75, 3.05) is 13.7 Å². The highest BCUT2D eigenvalue weighted by Gasteiger charge is 2.48. The van der Waals surface area contributed by atoms with E-state index in [2.05, 4.69) is 176 Å². The predicted octanol–water partition coefficient (Wildman–Crippen LogP) is 15.2. The number of methoxy groups -OCH3 is 1. The number of carbonyl (C=O) groups is 3. The van der Waals surface area contributed by atoms with E-state index in [1.165, 1.54) is 7.11 Å². The minimum Gasteiger partial charge on any atom is -0.469 e. The average molecular weight is 1100 g/mol. The van der Waals surface area contributed by atoms with Gasteiger partial charge < -0.3 is 38.0 Å². The average Bonchev–Trinajstić information content (AvgIpc) is 3.22. The van der Waals surface area contributed by atoms with Gasteiger partial charge in [-0.25, -0.2) is 4.79 Å². The Labute approximate surface area is 452 Å². The molecule has 12 atom stereocenters. The number of amides is 1. The monoisotopic (exact) mass is 1100 g/mol. The van der Waals surface area contributed by atoms with Gasteiger partial charge in [-0.15, -0.1) is 0 Å². The fraction of sp³-hybridized carbons (Fsp3) is 0.810. The molecule has 0 unspecified atom stereocenters. The van der Waals surface area contributed by atoms with Crippen LogP contribution in [0.3, 0.4) is 0 Å². The van der Waals surface area contributed by atoms with E-state index in [9.17, 15) is 19.5 Å². The smallest absolute Gasteiger partial charge is 0.404 e. The van der Waals surface area contributed by atoms with Crippen LogP contribution < -0.4 is 5.73 Å². The Morgan fingerprint density at radius 2 is 1.01 bits per heavy atom. The van der Waals surface area contributed by atoms with Crippen molar-refractivity contribution in [1.29, 1.82) is 0 Å². The Kier molecular flexibility index (Phi) is 27.3. The van der Waals surface area contributed by atoms with Crippen molar-refractivity contribution in [1.82, 2.24) is 0 Å². The van der Waals surface area contributed by atoms with Gasteiger partial charge in [-0.1, -0.05) is 166 Å². The summed E-state index contributed by atoms with van der Waals surface area (Å²) in [6, 6.07) is 0. The number of aliphatic hydroxyl groups is 1. The molecule has 0 rings (SSSR count). The van der Waals surface area contributed by atoms with Gasteiger partial charge in [0.15, 0.2) is 33.3 Å². The van der Waals surface area contributed by atoms with Crippen molar-refractivity contribution in [2.45, 2.75) is 247 Å². The largest absolute Gasteiger partial charge is 0.469 e. The molecule has 0 spiro atoms. The number of primary amides is 1. The summed E-state index contributed by atoms with van der Waals surface area (Å²) in [4.78, 5) is 39.4. The number of nitrogens with two attached hydrogens (primary N) is 1. The van der Waals surface area contributed by atoms with E-state index < -0.39 is 75.5 Å². The lowest BCUT2D eigenvalue weighted by Gasteiger charge is -2.46. The Morgan fingerprint density at radius 3 is 1.42 bits per heavy atom. The first-order chi connectivity index (χ1) is 32.6. The summed E-state index contributed by atoms with van der Waals surface area (Å²) in [7, 11) is -8.07. The lowest BCUT2D eigenvalue weighted by atomic mass is 9.81. The molecule has 0 fully saturated rings. The predicted molar refractivity (Wildman–Crippen MR) is 317 cm³/mol. The molecule has 0 aliphatic carbocycles. The van der Waals surface area contributed by atoms with Crippen LogP contribution in [0.4, 0.5) is 4.79 Å². The Morgan fingerprint density at radius 1 is 0.589 bits per heavy atom. The number of esters is 1. The normalized spacial score (nSPS) is 19.3. The van der Waals surface area contributed by atoms with Crippen LogP contribution in [0, 0.1) is 41.4 Å². The maximum atomic E-state index is 14.0. The van der Waals surface area contributed by atoms with Crippen molar-refractivity contribution in [2.24, 2.45) is 47.2 Å². The zero-order valence-electron chi connectivity index (χ0n) is 51.9. The second kappa shape index (κ2) is 28.1. The number of ether oxygens (including phenoxy) is 2. The number of carbonyl (C=O) groups excluding carboxylic acids is 3. The molecule has 426 valence electrons. The first-order valence-corrected chi connectivity index (χ1v) is 38.8. The van der Waals surface area contributed by atoms with Crippen LogP contribution in [-0.4, -0.2) is 100 Å². The first kappa shape index (κ1) is 71.0. The SMILES string of the molecule is C=C/C=C\[C@H](C)[C@H](OC(N)=O)[C@@H](C)[C@H](O[Si](C)(C)C(C)(C)C)[C@@H](CO[Si](C)(C)C(C)(C)C)C/C(C)=C\[C@H](C)[C@@H](O[Si](C)(C)C(C)(C)C)[C@@H](C)/C=C\[C@@H](O)CC(=O)[C@H](C)[C@H](O[Si](C)(C)C(C)(C)C)[C@@H](C)C(=O)OC. The lowest BCUT2D eigenvalue weighted by molar-refractivity contribution is -0.150. The van der Waals surface area contributed by atoms with Gasteiger partial charge in [0.1, 0.15) is 11.9 Å². The first-order valence-electron chi connectivity index (χ1n) is 27.2. The highest BCUT2D eigenvalue weighted by molar-refractivity contribution is 6.75. The van der Waals surface area contributed by atoms with Crippen LogP contribution >= 0.6 is 0 Å². The van der Waals surface area contributed by atoms with Crippen LogP contribution in [0.25, 0.3) is 0 Å². The molecule has 0 heterocycles. The molecule has 3 N–H and O–H groups in total. The summed E-state index contributed by atoms with van der Waals surface area (Å²) in [5.74, 6) is -2.71. The fourth-order valence-corrected chi connectivity index (χ4v) is 13.5. The summed E-state index contributed by atoms with van der Waals surface area (Å²) < 4.78 is 39.8. The van der Waals surface area contributed by atoms with Crippen LogP contribution in [0.5, 0.6) is 0 Å². The maximum Gasteiger partial charge on any atom is 0.404 e. The Balaban J connectivity index is 7.59. The molecule has 0 saturated carbocycles. The third kappa shape index (κ3) is 21.8. The van der Waals surface area contributed by atoms with Crippen LogP contribution in [0.15, 0.2) is 48.6 Å².